The highest BCUT2D eigenvalue weighted by Gasteiger charge is 2.19. The number of ether oxygens (including phenoxy) is 1. The van der Waals surface area contributed by atoms with Gasteiger partial charge in [0.1, 0.15) is 16.2 Å². The zero-order valence-electron chi connectivity index (χ0n) is 7.09. The standard InChI is InChI=1S/C8H5BrF2N2O/c1-14-6-4(2-12)5(8(10)11)3-13-7(6)9/h3,8H,1H3. The van der Waals surface area contributed by atoms with E-state index in [0.29, 0.717) is 0 Å². The van der Waals surface area contributed by atoms with Crippen LogP contribution in [-0.4, -0.2) is 12.1 Å². The molecular weight excluding hydrogens is 258 g/mol. The van der Waals surface area contributed by atoms with Gasteiger partial charge in [-0.2, -0.15) is 5.26 Å². The minimum atomic E-state index is -2.74. The van der Waals surface area contributed by atoms with E-state index >= 15 is 0 Å². The highest BCUT2D eigenvalue weighted by atomic mass is 79.9. The number of alkyl halides is 2. The molecule has 0 aromatic carbocycles. The number of pyridine rings is 1. The van der Waals surface area contributed by atoms with E-state index in [1.54, 1.807) is 6.07 Å². The Balaban J connectivity index is 3.43. The number of aromatic nitrogens is 1. The molecule has 0 bridgehead atoms. The monoisotopic (exact) mass is 262 g/mol. The lowest BCUT2D eigenvalue weighted by Crippen LogP contribution is -1.98. The predicted molar refractivity (Wildman–Crippen MR) is 48.2 cm³/mol. The Morgan fingerprint density at radius 3 is 2.71 bits per heavy atom. The molecule has 3 nitrogen and oxygen atoms in total. The molecule has 1 heterocycles. The van der Waals surface area contributed by atoms with Crippen LogP contribution < -0.4 is 4.74 Å². The Kier molecular flexibility index (Phi) is 3.36. The highest BCUT2D eigenvalue weighted by Crippen LogP contribution is 2.33. The fourth-order valence-electron chi connectivity index (χ4n) is 0.951. The summed E-state index contributed by atoms with van der Waals surface area (Å²) in [6.45, 7) is 0. The van der Waals surface area contributed by atoms with Crippen LogP contribution in [0.3, 0.4) is 0 Å². The van der Waals surface area contributed by atoms with Crippen LogP contribution in [0.1, 0.15) is 17.6 Å². The van der Waals surface area contributed by atoms with Gasteiger partial charge in [-0.25, -0.2) is 13.8 Å². The van der Waals surface area contributed by atoms with Crippen molar-refractivity contribution in [1.29, 1.82) is 5.26 Å². The Hall–Kier alpha value is -1.22. The molecule has 0 fully saturated rings. The Bertz CT molecular complexity index is 390. The van der Waals surface area contributed by atoms with Crippen molar-refractivity contribution >= 4 is 15.9 Å². The first-order valence-corrected chi connectivity index (χ1v) is 4.31. The third-order valence-corrected chi connectivity index (χ3v) is 2.14. The number of nitriles is 1. The summed E-state index contributed by atoms with van der Waals surface area (Å²) < 4.78 is 29.8. The highest BCUT2D eigenvalue weighted by molar-refractivity contribution is 9.10. The van der Waals surface area contributed by atoms with E-state index in [-0.39, 0.29) is 15.9 Å². The van der Waals surface area contributed by atoms with Gasteiger partial charge < -0.3 is 4.74 Å². The minimum absolute atomic E-state index is 0.0327. The average molecular weight is 263 g/mol. The summed E-state index contributed by atoms with van der Waals surface area (Å²) in [6.07, 6.45) is -1.78. The molecule has 1 aromatic rings. The Labute approximate surface area is 87.5 Å². The lowest BCUT2D eigenvalue weighted by Gasteiger charge is -2.08. The molecule has 0 saturated carbocycles. The van der Waals surface area contributed by atoms with E-state index < -0.39 is 12.0 Å². The quantitative estimate of drug-likeness (QED) is 0.770. The lowest BCUT2D eigenvalue weighted by molar-refractivity contribution is 0.150. The zero-order valence-corrected chi connectivity index (χ0v) is 8.68. The summed E-state index contributed by atoms with van der Waals surface area (Å²) in [5.74, 6) is 0.0327. The van der Waals surface area contributed by atoms with Crippen molar-refractivity contribution < 1.29 is 13.5 Å². The van der Waals surface area contributed by atoms with Crippen molar-refractivity contribution in [2.45, 2.75) is 6.43 Å². The molecule has 14 heavy (non-hydrogen) atoms. The van der Waals surface area contributed by atoms with Gasteiger partial charge in [0.25, 0.3) is 6.43 Å². The van der Waals surface area contributed by atoms with Gasteiger partial charge >= 0.3 is 0 Å². The van der Waals surface area contributed by atoms with Crippen LogP contribution >= 0.6 is 15.9 Å². The van der Waals surface area contributed by atoms with Crippen LogP contribution in [0.4, 0.5) is 8.78 Å². The van der Waals surface area contributed by atoms with Crippen molar-refractivity contribution in [3.63, 3.8) is 0 Å². The van der Waals surface area contributed by atoms with Crippen LogP contribution in [0.25, 0.3) is 0 Å². The normalized spacial score (nSPS) is 10.0. The zero-order chi connectivity index (χ0) is 10.7. The van der Waals surface area contributed by atoms with Crippen LogP contribution in [0.15, 0.2) is 10.8 Å². The van der Waals surface area contributed by atoms with Gasteiger partial charge in [-0.15, -0.1) is 0 Å². The molecule has 0 N–H and O–H groups in total. The first-order chi connectivity index (χ1) is 6.61. The second-order valence-electron chi connectivity index (χ2n) is 2.33. The maximum atomic E-state index is 12.4. The van der Waals surface area contributed by atoms with E-state index in [0.717, 1.165) is 6.20 Å². The van der Waals surface area contributed by atoms with Gasteiger partial charge in [-0.3, -0.25) is 0 Å². The first kappa shape index (κ1) is 10.9. The van der Waals surface area contributed by atoms with Crippen LogP contribution in [0, 0.1) is 11.3 Å². The van der Waals surface area contributed by atoms with E-state index in [9.17, 15) is 8.78 Å². The summed E-state index contributed by atoms with van der Waals surface area (Å²) in [5, 5.41) is 8.69. The summed E-state index contributed by atoms with van der Waals surface area (Å²) in [7, 11) is 1.29. The number of halogens is 3. The summed E-state index contributed by atoms with van der Waals surface area (Å²) in [4.78, 5) is 3.64. The van der Waals surface area contributed by atoms with Gasteiger partial charge in [0.15, 0.2) is 5.75 Å². The van der Waals surface area contributed by atoms with Gasteiger partial charge in [0.2, 0.25) is 0 Å². The SMILES string of the molecule is COc1c(Br)ncc(C(F)F)c1C#N. The number of methoxy groups -OCH3 is 1. The van der Waals surface area contributed by atoms with Crippen molar-refractivity contribution in [3.05, 3.63) is 21.9 Å². The van der Waals surface area contributed by atoms with Crippen molar-refractivity contribution in [2.75, 3.05) is 7.11 Å². The molecule has 0 unspecified atom stereocenters. The molecule has 0 atom stereocenters. The molecule has 74 valence electrons. The topological polar surface area (TPSA) is 45.9 Å². The van der Waals surface area contributed by atoms with Crippen molar-refractivity contribution in [1.82, 2.24) is 4.98 Å². The van der Waals surface area contributed by atoms with Gasteiger partial charge in [-0.1, -0.05) is 0 Å². The molecule has 0 aliphatic carbocycles. The average Bonchev–Trinajstić information content (AvgIpc) is 2.16. The fraction of sp³-hybridized carbons (Fsp3) is 0.250. The maximum Gasteiger partial charge on any atom is 0.266 e. The summed E-state index contributed by atoms with van der Waals surface area (Å²) in [6, 6.07) is 1.66. The second-order valence-corrected chi connectivity index (χ2v) is 3.08. The molecule has 6 heteroatoms. The molecule has 0 radical (unpaired) electrons. The molecular formula is C8H5BrF2N2O. The molecule has 1 aromatic heterocycles. The molecule has 1 rings (SSSR count). The van der Waals surface area contributed by atoms with Gasteiger partial charge in [0, 0.05) is 6.20 Å². The van der Waals surface area contributed by atoms with Crippen molar-refractivity contribution in [2.24, 2.45) is 0 Å². The van der Waals surface area contributed by atoms with Gasteiger partial charge in [-0.05, 0) is 15.9 Å². The molecule has 0 amide bonds. The predicted octanol–water partition coefficient (Wildman–Crippen LogP) is 2.66. The fourth-order valence-corrected chi connectivity index (χ4v) is 1.41. The van der Waals surface area contributed by atoms with Crippen LogP contribution in [0.5, 0.6) is 5.75 Å². The first-order valence-electron chi connectivity index (χ1n) is 3.52. The van der Waals surface area contributed by atoms with E-state index in [2.05, 4.69) is 20.9 Å². The van der Waals surface area contributed by atoms with Crippen molar-refractivity contribution in [3.8, 4) is 11.8 Å². The molecule has 0 spiro atoms. The van der Waals surface area contributed by atoms with E-state index in [1.165, 1.54) is 7.11 Å². The lowest BCUT2D eigenvalue weighted by atomic mass is 10.1. The largest absolute Gasteiger partial charge is 0.493 e. The molecule has 0 saturated heterocycles. The second kappa shape index (κ2) is 4.33. The van der Waals surface area contributed by atoms with Gasteiger partial charge in [0.05, 0.1) is 12.7 Å². The smallest absolute Gasteiger partial charge is 0.266 e. The minimum Gasteiger partial charge on any atom is -0.493 e. The third kappa shape index (κ3) is 1.82. The maximum absolute atomic E-state index is 12.4. The molecule has 0 aliphatic heterocycles. The Morgan fingerprint density at radius 2 is 2.29 bits per heavy atom. The number of rotatable bonds is 2. The van der Waals surface area contributed by atoms with E-state index in [1.807, 2.05) is 0 Å². The summed E-state index contributed by atoms with van der Waals surface area (Å²) in [5.41, 5.74) is -0.614. The Morgan fingerprint density at radius 1 is 1.64 bits per heavy atom. The van der Waals surface area contributed by atoms with E-state index in [4.69, 9.17) is 10.00 Å². The number of hydrogen-bond acceptors (Lipinski definition) is 3. The van der Waals surface area contributed by atoms with Crippen LogP contribution in [0.2, 0.25) is 0 Å². The third-order valence-electron chi connectivity index (χ3n) is 1.57. The molecule has 0 aliphatic rings. The summed E-state index contributed by atoms with van der Waals surface area (Å²) >= 11 is 3.00. The number of hydrogen-bond donors (Lipinski definition) is 0. The van der Waals surface area contributed by atoms with Crippen LogP contribution in [-0.2, 0) is 0 Å². The number of nitrogens with zero attached hydrogens (tertiary/aromatic N) is 2.